The maximum absolute atomic E-state index is 12.8. The van der Waals surface area contributed by atoms with Crippen molar-refractivity contribution in [2.75, 3.05) is 16.2 Å². The van der Waals surface area contributed by atoms with Crippen LogP contribution in [0.3, 0.4) is 0 Å². The summed E-state index contributed by atoms with van der Waals surface area (Å²) in [7, 11) is -3.68. The van der Waals surface area contributed by atoms with E-state index in [1.54, 1.807) is 55.5 Å². The molecule has 0 atom stereocenters. The Morgan fingerprint density at radius 2 is 1.68 bits per heavy atom. The molecule has 2 aromatic carbocycles. The van der Waals surface area contributed by atoms with Gasteiger partial charge in [-0.2, -0.15) is 10.5 Å². The number of anilines is 2. The Balaban J connectivity index is 2.27. The average molecular weight is 352 g/mol. The van der Waals surface area contributed by atoms with E-state index in [0.29, 0.717) is 17.9 Å². The molecule has 6 nitrogen and oxygen atoms in total. The van der Waals surface area contributed by atoms with Crippen molar-refractivity contribution in [2.24, 2.45) is 0 Å². The van der Waals surface area contributed by atoms with Crippen LogP contribution in [0.5, 0.6) is 0 Å². The lowest BCUT2D eigenvalue weighted by Gasteiger charge is -2.23. The third-order valence-electron chi connectivity index (χ3n) is 3.40. The van der Waals surface area contributed by atoms with Crippen LogP contribution in [0.4, 0.5) is 11.4 Å². The number of nitrogens with zero attached hydrogens (tertiary/aromatic N) is 3. The van der Waals surface area contributed by atoms with Gasteiger partial charge in [-0.05, 0) is 43.3 Å². The Morgan fingerprint density at radius 1 is 1.08 bits per heavy atom. The fourth-order valence-electron chi connectivity index (χ4n) is 2.18. The summed E-state index contributed by atoms with van der Waals surface area (Å²) in [6.07, 6.45) is 1.27. The molecule has 0 spiro atoms. The molecular formula is C18H16N4O2S. The zero-order valence-corrected chi connectivity index (χ0v) is 14.4. The van der Waals surface area contributed by atoms with E-state index in [1.807, 2.05) is 6.07 Å². The zero-order chi connectivity index (χ0) is 18.3. The molecule has 126 valence electrons. The van der Waals surface area contributed by atoms with E-state index < -0.39 is 10.0 Å². The summed E-state index contributed by atoms with van der Waals surface area (Å²) in [5.41, 5.74) is 1.10. The Bertz CT molecular complexity index is 921. The molecule has 0 saturated carbocycles. The number of sulfonamides is 1. The van der Waals surface area contributed by atoms with Gasteiger partial charge in [0.2, 0.25) is 0 Å². The minimum Gasteiger partial charge on any atom is -0.360 e. The lowest BCUT2D eigenvalue weighted by Crippen LogP contribution is -2.30. The number of nitriles is 2. The van der Waals surface area contributed by atoms with Crippen LogP contribution in [0.2, 0.25) is 0 Å². The van der Waals surface area contributed by atoms with E-state index in [4.69, 9.17) is 10.5 Å². The number of allylic oxidation sites excluding steroid dienone is 1. The molecule has 0 fully saturated rings. The van der Waals surface area contributed by atoms with Crippen LogP contribution in [-0.2, 0) is 10.0 Å². The van der Waals surface area contributed by atoms with Crippen LogP contribution in [-0.4, -0.2) is 15.0 Å². The van der Waals surface area contributed by atoms with Crippen LogP contribution in [0.1, 0.15) is 6.92 Å². The highest BCUT2D eigenvalue weighted by atomic mass is 32.2. The molecule has 0 heterocycles. The predicted octanol–water partition coefficient (Wildman–Crippen LogP) is 3.24. The van der Waals surface area contributed by atoms with Crippen molar-refractivity contribution < 1.29 is 8.42 Å². The quantitative estimate of drug-likeness (QED) is 0.805. The van der Waals surface area contributed by atoms with E-state index in [0.717, 1.165) is 0 Å². The Kier molecular flexibility index (Phi) is 5.78. The van der Waals surface area contributed by atoms with Gasteiger partial charge < -0.3 is 5.32 Å². The molecule has 0 amide bonds. The second-order valence-electron chi connectivity index (χ2n) is 4.96. The number of nitrogens with one attached hydrogen (secondary N) is 1. The maximum Gasteiger partial charge on any atom is 0.264 e. The SMILES string of the molecule is CCN(c1ccccc1)S(=O)(=O)c1ccc(NC=C(C#N)C#N)cc1. The number of hydrogen-bond acceptors (Lipinski definition) is 5. The van der Waals surface area contributed by atoms with Crippen molar-refractivity contribution in [2.45, 2.75) is 11.8 Å². The average Bonchev–Trinajstić information content (AvgIpc) is 2.64. The molecule has 0 saturated heterocycles. The first-order chi connectivity index (χ1) is 12.0. The second kappa shape index (κ2) is 8.00. The van der Waals surface area contributed by atoms with Crippen LogP contribution in [0.15, 0.2) is 71.3 Å². The van der Waals surface area contributed by atoms with Gasteiger partial charge in [-0.15, -0.1) is 0 Å². The van der Waals surface area contributed by atoms with Crippen LogP contribution in [0, 0.1) is 22.7 Å². The summed E-state index contributed by atoms with van der Waals surface area (Å²) < 4.78 is 27.0. The highest BCUT2D eigenvalue weighted by Gasteiger charge is 2.23. The highest BCUT2D eigenvalue weighted by molar-refractivity contribution is 7.92. The summed E-state index contributed by atoms with van der Waals surface area (Å²) in [6, 6.07) is 18.5. The van der Waals surface area contributed by atoms with Crippen LogP contribution in [0.25, 0.3) is 0 Å². The first-order valence-electron chi connectivity index (χ1n) is 7.47. The van der Waals surface area contributed by atoms with Gasteiger partial charge in [0.15, 0.2) is 0 Å². The second-order valence-corrected chi connectivity index (χ2v) is 6.82. The molecule has 25 heavy (non-hydrogen) atoms. The summed E-state index contributed by atoms with van der Waals surface area (Å²) >= 11 is 0. The Morgan fingerprint density at radius 3 is 2.20 bits per heavy atom. The molecule has 0 aliphatic carbocycles. The van der Waals surface area contributed by atoms with E-state index >= 15 is 0 Å². The predicted molar refractivity (Wildman–Crippen MR) is 96.0 cm³/mol. The first kappa shape index (κ1) is 18.1. The van der Waals surface area contributed by atoms with Crippen molar-refractivity contribution in [1.29, 1.82) is 10.5 Å². The molecule has 0 radical (unpaired) electrons. The van der Waals surface area contributed by atoms with E-state index in [9.17, 15) is 8.42 Å². The molecule has 1 N–H and O–H groups in total. The summed E-state index contributed by atoms with van der Waals surface area (Å²) in [4.78, 5) is 0.161. The molecule has 0 unspecified atom stereocenters. The molecule has 0 aliphatic heterocycles. The number of hydrogen-bond donors (Lipinski definition) is 1. The van der Waals surface area contributed by atoms with Crippen molar-refractivity contribution in [1.82, 2.24) is 0 Å². The molecule has 2 aromatic rings. The summed E-state index contributed by atoms with van der Waals surface area (Å²) in [5.74, 6) is 0. The molecule has 0 bridgehead atoms. The van der Waals surface area contributed by atoms with Crippen LogP contribution >= 0.6 is 0 Å². The largest absolute Gasteiger partial charge is 0.360 e. The van der Waals surface area contributed by atoms with Crippen molar-refractivity contribution >= 4 is 21.4 Å². The van der Waals surface area contributed by atoms with Gasteiger partial charge in [-0.1, -0.05) is 18.2 Å². The van der Waals surface area contributed by atoms with Crippen LogP contribution < -0.4 is 9.62 Å². The lowest BCUT2D eigenvalue weighted by molar-refractivity contribution is 0.592. The lowest BCUT2D eigenvalue weighted by atomic mass is 10.3. The smallest absolute Gasteiger partial charge is 0.264 e. The number of rotatable bonds is 6. The van der Waals surface area contributed by atoms with Crippen molar-refractivity contribution in [3.63, 3.8) is 0 Å². The van der Waals surface area contributed by atoms with Gasteiger partial charge in [0, 0.05) is 18.4 Å². The third-order valence-corrected chi connectivity index (χ3v) is 5.31. The highest BCUT2D eigenvalue weighted by Crippen LogP contribution is 2.24. The first-order valence-corrected chi connectivity index (χ1v) is 8.91. The van der Waals surface area contributed by atoms with Crippen molar-refractivity contribution in [3.8, 4) is 12.1 Å². The monoisotopic (exact) mass is 352 g/mol. The van der Waals surface area contributed by atoms with Gasteiger partial charge >= 0.3 is 0 Å². The van der Waals surface area contributed by atoms with E-state index in [1.165, 1.54) is 22.6 Å². The third kappa shape index (κ3) is 4.17. The van der Waals surface area contributed by atoms with Gasteiger partial charge in [-0.3, -0.25) is 4.31 Å². The molecule has 2 rings (SSSR count). The van der Waals surface area contributed by atoms with Gasteiger partial charge in [0.1, 0.15) is 17.7 Å². The molecular weight excluding hydrogens is 336 g/mol. The number of benzene rings is 2. The zero-order valence-electron chi connectivity index (χ0n) is 13.5. The molecule has 0 aromatic heterocycles. The normalized spacial score (nSPS) is 10.2. The van der Waals surface area contributed by atoms with E-state index in [2.05, 4.69) is 5.32 Å². The summed E-state index contributed by atoms with van der Waals surface area (Å²) in [6.45, 7) is 2.08. The molecule has 7 heteroatoms. The van der Waals surface area contributed by atoms with Gasteiger partial charge in [0.05, 0.1) is 10.6 Å². The fourth-order valence-corrected chi connectivity index (χ4v) is 3.65. The fraction of sp³-hybridized carbons (Fsp3) is 0.111. The number of para-hydroxylation sites is 1. The maximum atomic E-state index is 12.8. The minimum atomic E-state index is -3.68. The molecule has 0 aliphatic rings. The van der Waals surface area contributed by atoms with Gasteiger partial charge in [-0.25, -0.2) is 8.42 Å². The van der Waals surface area contributed by atoms with E-state index in [-0.39, 0.29) is 10.5 Å². The minimum absolute atomic E-state index is 0.0714. The van der Waals surface area contributed by atoms with Crippen molar-refractivity contribution in [3.05, 3.63) is 66.4 Å². The Hall–Kier alpha value is -3.29. The Labute approximate surface area is 147 Å². The summed E-state index contributed by atoms with van der Waals surface area (Å²) in [5, 5.41) is 20.2. The topological polar surface area (TPSA) is 97.0 Å². The standard InChI is InChI=1S/C18H16N4O2S/c1-2-22(17-6-4-3-5-7-17)25(23,24)18-10-8-16(9-11-18)21-14-15(12-19)13-20/h3-11,14,21H,2H2,1H3. The van der Waals surface area contributed by atoms with Gasteiger partial charge in [0.25, 0.3) is 10.0 Å².